The van der Waals surface area contributed by atoms with Crippen LogP contribution in [0.1, 0.15) is 12.5 Å². The van der Waals surface area contributed by atoms with E-state index in [1.165, 1.54) is 16.3 Å². The minimum atomic E-state index is -0.134. The number of para-hydroxylation sites is 1. The second-order valence-corrected chi connectivity index (χ2v) is 6.24. The van der Waals surface area contributed by atoms with Crippen LogP contribution in [0.4, 0.5) is 5.13 Å². The van der Waals surface area contributed by atoms with Crippen LogP contribution in [0.2, 0.25) is 0 Å². The third-order valence-electron chi connectivity index (χ3n) is 3.64. The Kier molecular flexibility index (Phi) is 3.28. The number of hydrogen-bond donors (Lipinski definition) is 0. The SMILES string of the molecule is CC1=NN(c2nc3ccccc3s2)C(=O)C1=Cc1ccccc1. The third kappa shape index (κ3) is 2.45. The summed E-state index contributed by atoms with van der Waals surface area (Å²) in [6.07, 6.45) is 1.87. The van der Waals surface area contributed by atoms with E-state index < -0.39 is 0 Å². The van der Waals surface area contributed by atoms with Crippen LogP contribution in [-0.4, -0.2) is 16.6 Å². The van der Waals surface area contributed by atoms with Crippen molar-refractivity contribution in [3.8, 4) is 0 Å². The number of nitrogens with zero attached hydrogens (tertiary/aromatic N) is 3. The molecule has 0 saturated carbocycles. The lowest BCUT2D eigenvalue weighted by atomic mass is 10.1. The number of hydrogen-bond acceptors (Lipinski definition) is 4. The molecule has 0 spiro atoms. The molecule has 0 bridgehead atoms. The Hall–Kier alpha value is -2.79. The van der Waals surface area contributed by atoms with Crippen LogP contribution >= 0.6 is 11.3 Å². The van der Waals surface area contributed by atoms with Gasteiger partial charge in [0, 0.05) is 0 Å². The van der Waals surface area contributed by atoms with Gasteiger partial charge >= 0.3 is 0 Å². The number of hydrazone groups is 1. The van der Waals surface area contributed by atoms with E-state index in [4.69, 9.17) is 0 Å². The monoisotopic (exact) mass is 319 g/mol. The average Bonchev–Trinajstić information content (AvgIpc) is 3.12. The van der Waals surface area contributed by atoms with Crippen molar-refractivity contribution < 1.29 is 4.79 Å². The molecule has 4 nitrogen and oxygen atoms in total. The summed E-state index contributed by atoms with van der Waals surface area (Å²) in [6, 6.07) is 17.6. The summed E-state index contributed by atoms with van der Waals surface area (Å²) in [7, 11) is 0. The molecule has 2 aromatic carbocycles. The summed E-state index contributed by atoms with van der Waals surface area (Å²) in [5, 5.41) is 6.39. The van der Waals surface area contributed by atoms with Crippen LogP contribution in [0.25, 0.3) is 16.3 Å². The first kappa shape index (κ1) is 13.8. The summed E-state index contributed by atoms with van der Waals surface area (Å²) in [5.41, 5.74) is 3.18. The van der Waals surface area contributed by atoms with Crippen molar-refractivity contribution >= 4 is 44.4 Å². The van der Waals surface area contributed by atoms with Gasteiger partial charge in [-0.05, 0) is 30.7 Å². The molecular formula is C18H13N3OS. The minimum absolute atomic E-state index is 0.134. The highest BCUT2D eigenvalue weighted by molar-refractivity contribution is 7.22. The van der Waals surface area contributed by atoms with Gasteiger partial charge < -0.3 is 0 Å². The van der Waals surface area contributed by atoms with Crippen molar-refractivity contribution in [3.63, 3.8) is 0 Å². The lowest BCUT2D eigenvalue weighted by Gasteiger charge is -2.06. The van der Waals surface area contributed by atoms with Crippen LogP contribution in [0.5, 0.6) is 0 Å². The quantitative estimate of drug-likeness (QED) is 0.668. The van der Waals surface area contributed by atoms with Gasteiger partial charge in [-0.1, -0.05) is 53.8 Å². The van der Waals surface area contributed by atoms with Gasteiger partial charge in [0.25, 0.3) is 5.91 Å². The van der Waals surface area contributed by atoms with E-state index in [2.05, 4.69) is 10.1 Å². The smallest absolute Gasteiger partial charge is 0.267 e. The summed E-state index contributed by atoms with van der Waals surface area (Å²) in [5.74, 6) is -0.134. The van der Waals surface area contributed by atoms with E-state index in [9.17, 15) is 4.79 Å². The van der Waals surface area contributed by atoms with E-state index in [-0.39, 0.29) is 5.91 Å². The lowest BCUT2D eigenvalue weighted by molar-refractivity contribution is -0.114. The Balaban J connectivity index is 1.72. The molecule has 0 unspecified atom stereocenters. The lowest BCUT2D eigenvalue weighted by Crippen LogP contribution is -2.21. The Bertz CT molecular complexity index is 924. The first-order valence-electron chi connectivity index (χ1n) is 7.25. The number of anilines is 1. The number of carbonyl (C=O) groups excluding carboxylic acids is 1. The molecule has 4 rings (SSSR count). The topological polar surface area (TPSA) is 45.6 Å². The molecule has 1 aromatic heterocycles. The predicted octanol–water partition coefficient (Wildman–Crippen LogP) is 4.10. The zero-order valence-corrected chi connectivity index (χ0v) is 13.2. The van der Waals surface area contributed by atoms with Crippen molar-refractivity contribution in [2.45, 2.75) is 6.92 Å². The normalized spacial score (nSPS) is 16.4. The minimum Gasteiger partial charge on any atom is -0.267 e. The number of aromatic nitrogens is 1. The summed E-state index contributed by atoms with van der Waals surface area (Å²) in [4.78, 5) is 17.2. The number of thiazole rings is 1. The maximum Gasteiger partial charge on any atom is 0.282 e. The molecule has 0 N–H and O–H groups in total. The Morgan fingerprint density at radius 3 is 2.57 bits per heavy atom. The van der Waals surface area contributed by atoms with Gasteiger partial charge in [-0.15, -0.1) is 0 Å². The zero-order valence-electron chi connectivity index (χ0n) is 12.4. The standard InChI is InChI=1S/C18H13N3OS/c1-12-14(11-13-7-3-2-4-8-13)17(22)21(20-12)18-19-15-9-5-6-10-16(15)23-18/h2-11H,1H3. The molecule has 5 heteroatoms. The van der Waals surface area contributed by atoms with Gasteiger partial charge in [0.15, 0.2) is 0 Å². The molecular weight excluding hydrogens is 306 g/mol. The van der Waals surface area contributed by atoms with Crippen molar-refractivity contribution in [2.75, 3.05) is 5.01 Å². The fourth-order valence-corrected chi connectivity index (χ4v) is 3.40. The van der Waals surface area contributed by atoms with Crippen LogP contribution in [0.15, 0.2) is 65.3 Å². The van der Waals surface area contributed by atoms with Crippen molar-refractivity contribution in [3.05, 3.63) is 65.7 Å². The Labute approximate surface area is 137 Å². The van der Waals surface area contributed by atoms with Crippen molar-refractivity contribution in [1.29, 1.82) is 0 Å². The van der Waals surface area contributed by atoms with Crippen molar-refractivity contribution in [1.82, 2.24) is 4.98 Å². The van der Waals surface area contributed by atoms with E-state index in [0.29, 0.717) is 16.4 Å². The Morgan fingerprint density at radius 2 is 1.78 bits per heavy atom. The molecule has 1 amide bonds. The average molecular weight is 319 g/mol. The number of rotatable bonds is 2. The van der Waals surface area contributed by atoms with Crippen LogP contribution in [0, 0.1) is 0 Å². The van der Waals surface area contributed by atoms with Gasteiger partial charge in [-0.3, -0.25) is 4.79 Å². The van der Waals surface area contributed by atoms with Gasteiger partial charge in [-0.25, -0.2) is 4.98 Å². The molecule has 112 valence electrons. The molecule has 1 aliphatic heterocycles. The van der Waals surface area contributed by atoms with E-state index in [1.807, 2.05) is 67.6 Å². The highest BCUT2D eigenvalue weighted by Crippen LogP contribution is 2.32. The largest absolute Gasteiger partial charge is 0.282 e. The van der Waals surface area contributed by atoms with Gasteiger partial charge in [0.1, 0.15) is 0 Å². The second-order valence-electron chi connectivity index (χ2n) is 5.24. The highest BCUT2D eigenvalue weighted by atomic mass is 32.1. The molecule has 0 fully saturated rings. The Morgan fingerprint density at radius 1 is 1.04 bits per heavy atom. The molecule has 1 aliphatic rings. The second kappa shape index (κ2) is 5.44. The molecule has 0 aliphatic carbocycles. The molecule has 23 heavy (non-hydrogen) atoms. The van der Waals surface area contributed by atoms with E-state index in [0.717, 1.165) is 15.8 Å². The number of benzene rings is 2. The number of fused-ring (bicyclic) bond motifs is 1. The fraction of sp³-hybridized carbons (Fsp3) is 0.0556. The van der Waals surface area contributed by atoms with Crippen LogP contribution < -0.4 is 5.01 Å². The number of amides is 1. The maximum absolute atomic E-state index is 12.7. The first-order valence-corrected chi connectivity index (χ1v) is 8.06. The summed E-state index contributed by atoms with van der Waals surface area (Å²) < 4.78 is 1.05. The van der Waals surface area contributed by atoms with Crippen LogP contribution in [-0.2, 0) is 4.79 Å². The first-order chi connectivity index (χ1) is 11.2. The third-order valence-corrected chi connectivity index (χ3v) is 4.65. The van der Waals surface area contributed by atoms with E-state index in [1.54, 1.807) is 0 Å². The molecule has 0 radical (unpaired) electrons. The van der Waals surface area contributed by atoms with E-state index >= 15 is 0 Å². The predicted molar refractivity (Wildman–Crippen MR) is 94.6 cm³/mol. The molecule has 0 atom stereocenters. The van der Waals surface area contributed by atoms with Gasteiger partial charge in [0.2, 0.25) is 5.13 Å². The fourth-order valence-electron chi connectivity index (χ4n) is 2.48. The highest BCUT2D eigenvalue weighted by Gasteiger charge is 2.30. The van der Waals surface area contributed by atoms with Crippen molar-refractivity contribution in [2.24, 2.45) is 5.10 Å². The molecule has 2 heterocycles. The summed E-state index contributed by atoms with van der Waals surface area (Å²) in [6.45, 7) is 1.85. The van der Waals surface area contributed by atoms with Gasteiger partial charge in [0.05, 0.1) is 21.5 Å². The maximum atomic E-state index is 12.7. The summed E-state index contributed by atoms with van der Waals surface area (Å²) >= 11 is 1.47. The van der Waals surface area contributed by atoms with Gasteiger partial charge in [-0.2, -0.15) is 10.1 Å². The number of carbonyl (C=O) groups is 1. The molecule has 3 aromatic rings. The zero-order chi connectivity index (χ0) is 15.8. The molecule has 0 saturated heterocycles. The van der Waals surface area contributed by atoms with Crippen LogP contribution in [0.3, 0.4) is 0 Å².